The van der Waals surface area contributed by atoms with Crippen molar-refractivity contribution in [2.45, 2.75) is 33.6 Å². The van der Waals surface area contributed by atoms with Crippen LogP contribution in [-0.2, 0) is 11.2 Å². The Hall–Kier alpha value is -2.83. The second-order valence-electron chi connectivity index (χ2n) is 6.97. The largest absolute Gasteiger partial charge is 0.361 e. The van der Waals surface area contributed by atoms with Gasteiger partial charge >= 0.3 is 6.03 Å². The van der Waals surface area contributed by atoms with Crippen molar-refractivity contribution in [1.29, 1.82) is 0 Å². The number of rotatable bonds is 4. The lowest BCUT2D eigenvalue weighted by atomic mass is 10.1. The van der Waals surface area contributed by atoms with Gasteiger partial charge in [0.2, 0.25) is 5.91 Å². The molecule has 1 aromatic heterocycles. The lowest BCUT2D eigenvalue weighted by Gasteiger charge is -2.34. The number of hydrogen-bond donors (Lipinski definition) is 1. The first kappa shape index (κ1) is 18.9. The van der Waals surface area contributed by atoms with E-state index in [-0.39, 0.29) is 11.9 Å². The molecule has 1 fully saturated rings. The molecule has 27 heavy (non-hydrogen) atoms. The second kappa shape index (κ2) is 8.24. The van der Waals surface area contributed by atoms with Crippen molar-refractivity contribution in [2.24, 2.45) is 0 Å². The van der Waals surface area contributed by atoms with Crippen LogP contribution in [0.25, 0.3) is 0 Å². The average molecular weight is 370 g/mol. The Morgan fingerprint density at radius 2 is 1.81 bits per heavy atom. The molecule has 0 radical (unpaired) electrons. The van der Waals surface area contributed by atoms with Gasteiger partial charge in [0.15, 0.2) is 0 Å². The molecule has 0 atom stereocenters. The van der Waals surface area contributed by atoms with E-state index in [1.54, 1.807) is 4.90 Å². The van der Waals surface area contributed by atoms with E-state index in [4.69, 9.17) is 4.52 Å². The third-order valence-electron chi connectivity index (χ3n) is 4.96. The quantitative estimate of drug-likeness (QED) is 0.898. The number of aromatic nitrogens is 1. The van der Waals surface area contributed by atoms with Crippen LogP contribution in [0.2, 0.25) is 0 Å². The molecule has 7 nitrogen and oxygen atoms in total. The smallest absolute Gasteiger partial charge is 0.321 e. The molecule has 0 bridgehead atoms. The lowest BCUT2D eigenvalue weighted by Crippen LogP contribution is -2.51. The van der Waals surface area contributed by atoms with Crippen LogP contribution in [0.15, 0.2) is 28.8 Å². The van der Waals surface area contributed by atoms with Gasteiger partial charge in [0, 0.05) is 43.9 Å². The van der Waals surface area contributed by atoms with Crippen LogP contribution in [0.4, 0.5) is 10.5 Å². The zero-order valence-electron chi connectivity index (χ0n) is 16.1. The van der Waals surface area contributed by atoms with Crippen molar-refractivity contribution < 1.29 is 14.1 Å². The predicted molar refractivity (Wildman–Crippen MR) is 103 cm³/mol. The number of nitrogens with one attached hydrogen (secondary N) is 1. The van der Waals surface area contributed by atoms with E-state index in [0.717, 1.165) is 28.3 Å². The molecular formula is C20H26N4O3. The molecule has 2 heterocycles. The van der Waals surface area contributed by atoms with Gasteiger partial charge in [0.05, 0.1) is 5.69 Å². The molecule has 0 unspecified atom stereocenters. The van der Waals surface area contributed by atoms with Gasteiger partial charge in [0.25, 0.3) is 0 Å². The highest BCUT2D eigenvalue weighted by molar-refractivity contribution is 5.89. The Labute approximate surface area is 159 Å². The van der Waals surface area contributed by atoms with Crippen molar-refractivity contribution >= 4 is 17.6 Å². The van der Waals surface area contributed by atoms with E-state index < -0.39 is 0 Å². The van der Waals surface area contributed by atoms with E-state index in [1.165, 1.54) is 0 Å². The molecule has 144 valence electrons. The van der Waals surface area contributed by atoms with Gasteiger partial charge in [-0.3, -0.25) is 4.79 Å². The molecule has 1 aliphatic heterocycles. The normalized spacial score (nSPS) is 14.3. The standard InChI is InChI=1S/C20H26N4O3/c1-14-5-4-6-17(13-14)21-20(26)24-11-9-23(10-12-24)19(25)8-7-18-15(2)22-27-16(18)3/h4-6,13H,7-12H2,1-3H3,(H,21,26). The number of hydrogen-bond acceptors (Lipinski definition) is 4. The third-order valence-corrected chi connectivity index (χ3v) is 4.96. The number of aryl methyl sites for hydroxylation is 3. The molecule has 3 amide bonds. The van der Waals surface area contributed by atoms with E-state index in [0.29, 0.717) is 39.0 Å². The van der Waals surface area contributed by atoms with Crippen LogP contribution in [0, 0.1) is 20.8 Å². The maximum atomic E-state index is 12.5. The first-order valence-electron chi connectivity index (χ1n) is 9.26. The molecule has 0 saturated carbocycles. The number of anilines is 1. The van der Waals surface area contributed by atoms with Gasteiger partial charge in [-0.15, -0.1) is 0 Å². The van der Waals surface area contributed by atoms with E-state index >= 15 is 0 Å². The molecule has 0 aliphatic carbocycles. The van der Waals surface area contributed by atoms with Gasteiger partial charge in [-0.25, -0.2) is 4.79 Å². The molecular weight excluding hydrogens is 344 g/mol. The van der Waals surface area contributed by atoms with Gasteiger partial charge in [-0.1, -0.05) is 17.3 Å². The summed E-state index contributed by atoms with van der Waals surface area (Å²) in [5, 5.41) is 6.84. The number of benzene rings is 1. The van der Waals surface area contributed by atoms with Crippen LogP contribution in [0.3, 0.4) is 0 Å². The highest BCUT2D eigenvalue weighted by Crippen LogP contribution is 2.16. The summed E-state index contributed by atoms with van der Waals surface area (Å²) in [5.74, 6) is 0.881. The number of amides is 3. The van der Waals surface area contributed by atoms with Gasteiger partial charge in [-0.2, -0.15) is 0 Å². The zero-order chi connectivity index (χ0) is 19.4. The summed E-state index contributed by atoms with van der Waals surface area (Å²) in [6.45, 7) is 7.93. The molecule has 1 N–H and O–H groups in total. The zero-order valence-corrected chi connectivity index (χ0v) is 16.1. The van der Waals surface area contributed by atoms with Crippen LogP contribution in [0.5, 0.6) is 0 Å². The molecule has 1 aliphatic rings. The van der Waals surface area contributed by atoms with Gasteiger partial charge in [0.1, 0.15) is 5.76 Å². The van der Waals surface area contributed by atoms with Crippen LogP contribution < -0.4 is 5.32 Å². The van der Waals surface area contributed by atoms with E-state index in [9.17, 15) is 9.59 Å². The number of nitrogens with zero attached hydrogens (tertiary/aromatic N) is 3. The van der Waals surface area contributed by atoms with E-state index in [2.05, 4.69) is 10.5 Å². The Morgan fingerprint density at radius 3 is 2.44 bits per heavy atom. The maximum absolute atomic E-state index is 12.5. The molecule has 0 spiro atoms. The average Bonchev–Trinajstić information content (AvgIpc) is 2.97. The van der Waals surface area contributed by atoms with E-state index in [1.807, 2.05) is 49.9 Å². The molecule has 3 rings (SSSR count). The topological polar surface area (TPSA) is 78.7 Å². The van der Waals surface area contributed by atoms with Crippen molar-refractivity contribution in [2.75, 3.05) is 31.5 Å². The fourth-order valence-electron chi connectivity index (χ4n) is 3.33. The fourth-order valence-corrected chi connectivity index (χ4v) is 3.33. The monoisotopic (exact) mass is 370 g/mol. The molecule has 1 aromatic carbocycles. The minimum absolute atomic E-state index is 0.105. The minimum Gasteiger partial charge on any atom is -0.361 e. The molecule has 1 saturated heterocycles. The van der Waals surface area contributed by atoms with Crippen molar-refractivity contribution in [3.8, 4) is 0 Å². The Balaban J connectivity index is 1.46. The SMILES string of the molecule is Cc1cccc(NC(=O)N2CCN(C(=O)CCc3c(C)noc3C)CC2)c1. The highest BCUT2D eigenvalue weighted by atomic mass is 16.5. The summed E-state index contributed by atoms with van der Waals surface area (Å²) < 4.78 is 5.14. The van der Waals surface area contributed by atoms with Crippen LogP contribution >= 0.6 is 0 Å². The lowest BCUT2D eigenvalue weighted by molar-refractivity contribution is -0.132. The maximum Gasteiger partial charge on any atom is 0.321 e. The predicted octanol–water partition coefficient (Wildman–Crippen LogP) is 2.91. The summed E-state index contributed by atoms with van der Waals surface area (Å²) in [4.78, 5) is 28.5. The number of carbonyl (C=O) groups is 2. The minimum atomic E-state index is -0.122. The van der Waals surface area contributed by atoms with Crippen LogP contribution in [0.1, 0.15) is 29.0 Å². The van der Waals surface area contributed by atoms with Crippen LogP contribution in [-0.4, -0.2) is 53.1 Å². The number of carbonyl (C=O) groups excluding carboxylic acids is 2. The van der Waals surface area contributed by atoms with Crippen molar-refractivity contribution in [3.63, 3.8) is 0 Å². The Morgan fingerprint density at radius 1 is 1.11 bits per heavy atom. The van der Waals surface area contributed by atoms with Gasteiger partial charge in [-0.05, 0) is 44.9 Å². The second-order valence-corrected chi connectivity index (χ2v) is 6.97. The molecule has 7 heteroatoms. The summed E-state index contributed by atoms with van der Waals surface area (Å²) in [6.07, 6.45) is 1.06. The first-order valence-corrected chi connectivity index (χ1v) is 9.26. The fraction of sp³-hybridized carbons (Fsp3) is 0.450. The molecule has 2 aromatic rings. The Kier molecular flexibility index (Phi) is 5.78. The summed E-state index contributed by atoms with van der Waals surface area (Å²) in [5.41, 5.74) is 3.75. The number of piperazine rings is 1. The third kappa shape index (κ3) is 4.67. The summed E-state index contributed by atoms with van der Waals surface area (Å²) in [6, 6.07) is 7.60. The Bertz CT molecular complexity index is 803. The summed E-state index contributed by atoms with van der Waals surface area (Å²) in [7, 11) is 0. The van der Waals surface area contributed by atoms with Crippen molar-refractivity contribution in [1.82, 2.24) is 15.0 Å². The van der Waals surface area contributed by atoms with Gasteiger partial charge < -0.3 is 19.6 Å². The number of urea groups is 1. The first-order chi connectivity index (χ1) is 12.9. The van der Waals surface area contributed by atoms with Crippen molar-refractivity contribution in [3.05, 3.63) is 46.8 Å². The summed E-state index contributed by atoms with van der Waals surface area (Å²) >= 11 is 0. The highest BCUT2D eigenvalue weighted by Gasteiger charge is 2.24.